The number of nitrogens with one attached hydrogen (secondary N) is 2. The summed E-state index contributed by atoms with van der Waals surface area (Å²) in [6, 6.07) is 5.72. The molecule has 0 fully saturated rings. The van der Waals surface area contributed by atoms with Crippen molar-refractivity contribution in [1.82, 2.24) is 24.5 Å². The number of rotatable bonds is 4. The highest BCUT2D eigenvalue weighted by molar-refractivity contribution is 6.42. The van der Waals surface area contributed by atoms with E-state index in [0.717, 1.165) is 0 Å². The minimum absolute atomic E-state index is 0.0753. The average molecular weight is 505 g/mol. The van der Waals surface area contributed by atoms with Gasteiger partial charge in [0.15, 0.2) is 0 Å². The van der Waals surface area contributed by atoms with Gasteiger partial charge in [-0.05, 0) is 23.8 Å². The first-order valence-corrected chi connectivity index (χ1v) is 10.9. The van der Waals surface area contributed by atoms with Crippen LogP contribution >= 0.6 is 23.2 Å². The molecule has 0 saturated heterocycles. The Labute approximate surface area is 200 Å². The quantitative estimate of drug-likeness (QED) is 0.362. The van der Waals surface area contributed by atoms with E-state index in [1.165, 1.54) is 33.7 Å². The number of hydrogen-bond acceptors (Lipinski definition) is 4. The van der Waals surface area contributed by atoms with Crippen LogP contribution in [0.15, 0.2) is 35.3 Å². The Hall–Kier alpha value is -3.70. The van der Waals surface area contributed by atoms with Crippen molar-refractivity contribution in [3.63, 3.8) is 0 Å². The molecule has 0 radical (unpaired) electrons. The smallest absolute Gasteiger partial charge is 0.360 e. The number of amides is 2. The Morgan fingerprint density at radius 1 is 1.26 bits per heavy atom. The third-order valence-electron chi connectivity index (χ3n) is 5.75. The molecule has 34 heavy (non-hydrogen) atoms. The van der Waals surface area contributed by atoms with E-state index in [4.69, 9.17) is 28.9 Å². The molecular formula is C21H17Cl2FN7O3+. The van der Waals surface area contributed by atoms with Crippen LogP contribution in [0, 0.1) is 5.82 Å². The summed E-state index contributed by atoms with van der Waals surface area (Å²) in [6.45, 7) is 0.651. The molecule has 1 aliphatic rings. The largest absolute Gasteiger partial charge is 0.366 e. The molecule has 3 aromatic heterocycles. The van der Waals surface area contributed by atoms with Gasteiger partial charge in [-0.2, -0.15) is 0 Å². The monoisotopic (exact) mass is 504 g/mol. The van der Waals surface area contributed by atoms with Gasteiger partial charge in [0.2, 0.25) is 0 Å². The molecule has 13 heteroatoms. The molecule has 0 aliphatic carbocycles. The lowest BCUT2D eigenvalue weighted by Gasteiger charge is -2.25. The van der Waals surface area contributed by atoms with Crippen LogP contribution in [-0.4, -0.2) is 42.8 Å². The van der Waals surface area contributed by atoms with Gasteiger partial charge in [0.1, 0.15) is 23.0 Å². The molecule has 4 aromatic rings. The minimum atomic E-state index is -0.679. The van der Waals surface area contributed by atoms with Crippen LogP contribution in [0.3, 0.4) is 0 Å². The van der Waals surface area contributed by atoms with Crippen molar-refractivity contribution in [2.24, 2.45) is 5.73 Å². The summed E-state index contributed by atoms with van der Waals surface area (Å²) in [5, 5.41) is 7.01. The number of aromatic amines is 2. The van der Waals surface area contributed by atoms with Gasteiger partial charge in [-0.25, -0.2) is 8.96 Å². The molecule has 1 aromatic carbocycles. The van der Waals surface area contributed by atoms with Gasteiger partial charge >= 0.3 is 11.7 Å². The predicted octanol–water partition coefficient (Wildman–Crippen LogP) is 1.43. The number of carbonyl (C=O) groups excluding carboxylic acids is 2. The highest BCUT2D eigenvalue weighted by Gasteiger charge is 2.32. The fourth-order valence-corrected chi connectivity index (χ4v) is 4.56. The summed E-state index contributed by atoms with van der Waals surface area (Å²) in [6.07, 6.45) is 1.75. The molecule has 174 valence electrons. The zero-order valence-corrected chi connectivity index (χ0v) is 19.0. The highest BCUT2D eigenvalue weighted by atomic mass is 35.5. The van der Waals surface area contributed by atoms with Gasteiger partial charge in [0.05, 0.1) is 23.7 Å². The molecule has 5 rings (SSSR count). The first-order valence-electron chi connectivity index (χ1n) is 10.2. The number of nitrogens with two attached hydrogens (primary N) is 1. The van der Waals surface area contributed by atoms with Crippen LogP contribution in [-0.2, 0) is 19.5 Å². The second-order valence-corrected chi connectivity index (χ2v) is 8.61. The molecule has 10 nitrogen and oxygen atoms in total. The predicted molar refractivity (Wildman–Crippen MR) is 119 cm³/mol. The number of primary amides is 1. The lowest BCUT2D eigenvalue weighted by Crippen LogP contribution is -2.54. The topological polar surface area (TPSA) is 133 Å². The Morgan fingerprint density at radius 2 is 2.06 bits per heavy atom. The number of hydrogen-bond donors (Lipinski definition) is 3. The van der Waals surface area contributed by atoms with E-state index in [0.29, 0.717) is 23.6 Å². The van der Waals surface area contributed by atoms with E-state index in [1.807, 2.05) is 0 Å². The summed E-state index contributed by atoms with van der Waals surface area (Å²) >= 11 is 12.4. The summed E-state index contributed by atoms with van der Waals surface area (Å²) in [4.78, 5) is 40.8. The summed E-state index contributed by atoms with van der Waals surface area (Å²) in [7, 11) is 0. The van der Waals surface area contributed by atoms with Crippen molar-refractivity contribution < 1.29 is 18.5 Å². The normalized spacial score (nSPS) is 13.3. The van der Waals surface area contributed by atoms with Gasteiger partial charge in [-0.15, -0.1) is 5.10 Å². The first kappa shape index (κ1) is 22.1. The fraction of sp³-hybridized carbons (Fsp3) is 0.190. The van der Waals surface area contributed by atoms with Crippen molar-refractivity contribution in [2.45, 2.75) is 19.5 Å². The minimum Gasteiger partial charge on any atom is -0.360 e. The van der Waals surface area contributed by atoms with Gasteiger partial charge in [-0.3, -0.25) is 18.8 Å². The van der Waals surface area contributed by atoms with Crippen LogP contribution in [0.25, 0.3) is 5.52 Å². The van der Waals surface area contributed by atoms with Crippen LogP contribution in [0.4, 0.5) is 4.39 Å². The van der Waals surface area contributed by atoms with Gasteiger partial charge in [-0.1, -0.05) is 29.3 Å². The molecule has 4 heterocycles. The number of carbonyl (C=O) groups is 2. The van der Waals surface area contributed by atoms with E-state index in [9.17, 15) is 18.8 Å². The SMILES string of the molecule is NC(=O)c1n[nH]c2[n+]1CCN(C(=O)c1cc(Cc3c[nH]c(=O)c4cc(Cl)c(Cl)n34)ccc1F)C2. The second-order valence-electron chi connectivity index (χ2n) is 7.84. The van der Waals surface area contributed by atoms with Gasteiger partial charge in [0.25, 0.3) is 17.3 Å². The standard InChI is InChI=1S/C21H16Cl2FN7O3/c22-13-7-15-20(33)26-8-11(31(15)17(13)23)5-10-1-2-14(24)12(6-10)21(34)29-3-4-30-16(9-29)27-28-19(30)18(25)32/h1-2,6-8H,3-5,9H2,(H3,25,26,32,33)/p+1. The Morgan fingerprint density at radius 3 is 2.82 bits per heavy atom. The number of aromatic nitrogens is 5. The van der Waals surface area contributed by atoms with E-state index >= 15 is 0 Å². The van der Waals surface area contributed by atoms with E-state index in [-0.39, 0.29) is 52.1 Å². The van der Waals surface area contributed by atoms with Crippen LogP contribution in [0.2, 0.25) is 10.2 Å². The molecule has 0 bridgehead atoms. The number of nitrogens with zero attached hydrogens (tertiary/aromatic N) is 4. The average Bonchev–Trinajstić information content (AvgIpc) is 3.38. The Balaban J connectivity index is 1.44. The first-order chi connectivity index (χ1) is 16.2. The molecular weight excluding hydrogens is 488 g/mol. The third-order valence-corrected chi connectivity index (χ3v) is 6.51. The zero-order chi connectivity index (χ0) is 24.1. The van der Waals surface area contributed by atoms with E-state index in [2.05, 4.69) is 15.2 Å². The van der Waals surface area contributed by atoms with Crippen molar-refractivity contribution in [1.29, 1.82) is 0 Å². The Bertz CT molecular complexity index is 1540. The van der Waals surface area contributed by atoms with Gasteiger partial charge < -0.3 is 15.6 Å². The second kappa shape index (κ2) is 8.26. The maximum atomic E-state index is 14.7. The van der Waals surface area contributed by atoms with Crippen molar-refractivity contribution in [2.75, 3.05) is 6.54 Å². The summed E-state index contributed by atoms with van der Waals surface area (Å²) < 4.78 is 17.8. The summed E-state index contributed by atoms with van der Waals surface area (Å²) in [5.41, 5.74) is 6.37. The van der Waals surface area contributed by atoms with E-state index < -0.39 is 17.6 Å². The molecule has 0 unspecified atom stereocenters. The summed E-state index contributed by atoms with van der Waals surface area (Å²) in [5.74, 6) is -1.26. The molecule has 2 amide bonds. The molecule has 0 atom stereocenters. The maximum Gasteiger partial charge on any atom is 0.366 e. The van der Waals surface area contributed by atoms with Crippen LogP contribution in [0.5, 0.6) is 0 Å². The molecule has 1 aliphatic heterocycles. The van der Waals surface area contributed by atoms with Gasteiger partial charge in [0, 0.05) is 23.4 Å². The molecule has 4 N–H and O–H groups in total. The van der Waals surface area contributed by atoms with E-state index in [1.54, 1.807) is 10.6 Å². The number of benzene rings is 1. The lowest BCUT2D eigenvalue weighted by atomic mass is 10.0. The number of H-pyrrole nitrogens is 2. The zero-order valence-electron chi connectivity index (χ0n) is 17.4. The molecule has 0 saturated carbocycles. The third kappa shape index (κ3) is 3.62. The van der Waals surface area contributed by atoms with Crippen LogP contribution < -0.4 is 15.9 Å². The van der Waals surface area contributed by atoms with Crippen molar-refractivity contribution in [3.8, 4) is 0 Å². The molecule has 0 spiro atoms. The van der Waals surface area contributed by atoms with Crippen molar-refractivity contribution >= 4 is 40.5 Å². The Kier molecular flexibility index (Phi) is 5.37. The number of halogens is 3. The van der Waals surface area contributed by atoms with Crippen LogP contribution in [0.1, 0.15) is 38.1 Å². The highest BCUT2D eigenvalue weighted by Crippen LogP contribution is 2.27. The number of fused-ring (bicyclic) bond motifs is 2. The lowest BCUT2D eigenvalue weighted by molar-refractivity contribution is -0.712. The fourth-order valence-electron chi connectivity index (χ4n) is 4.12. The van der Waals surface area contributed by atoms with Crippen molar-refractivity contribution in [3.05, 3.63) is 85.3 Å². The maximum absolute atomic E-state index is 14.7.